The average Bonchev–Trinajstić information content (AvgIpc) is 3.04. The van der Waals surface area contributed by atoms with Gasteiger partial charge in [-0.15, -0.1) is 0 Å². The monoisotopic (exact) mass is 368 g/mol. The van der Waals surface area contributed by atoms with Gasteiger partial charge in [-0.05, 0) is 24.9 Å². The van der Waals surface area contributed by atoms with Crippen molar-refractivity contribution in [2.75, 3.05) is 13.1 Å². The molecule has 8 nitrogen and oxygen atoms in total. The van der Waals surface area contributed by atoms with Gasteiger partial charge in [0, 0.05) is 24.7 Å². The van der Waals surface area contributed by atoms with Gasteiger partial charge in [0.15, 0.2) is 0 Å². The van der Waals surface area contributed by atoms with Crippen molar-refractivity contribution in [2.45, 2.75) is 32.4 Å². The van der Waals surface area contributed by atoms with Crippen LogP contribution in [0, 0.1) is 16.0 Å². The minimum absolute atomic E-state index is 0.0328. The molecule has 2 unspecified atom stereocenters. The number of carbonyl (C=O) groups is 2. The molecule has 0 aromatic heterocycles. The summed E-state index contributed by atoms with van der Waals surface area (Å²) in [5, 5.41) is 19.5. The second kappa shape index (κ2) is 8.26. The molecule has 1 aliphatic heterocycles. The number of benzene rings is 1. The van der Waals surface area contributed by atoms with Gasteiger partial charge in [-0.1, -0.05) is 25.4 Å². The maximum atomic E-state index is 12.5. The van der Waals surface area contributed by atoms with Crippen LogP contribution in [0.5, 0.6) is 0 Å². The van der Waals surface area contributed by atoms with Crippen molar-refractivity contribution in [3.8, 4) is 0 Å². The van der Waals surface area contributed by atoms with E-state index in [-0.39, 0.29) is 34.1 Å². The van der Waals surface area contributed by atoms with Crippen LogP contribution in [0.3, 0.4) is 0 Å². The lowest BCUT2D eigenvalue weighted by Gasteiger charge is -2.23. The molecule has 1 aromatic rings. The summed E-state index contributed by atoms with van der Waals surface area (Å²) in [7, 11) is 0. The van der Waals surface area contributed by atoms with Crippen molar-refractivity contribution < 1.29 is 14.5 Å². The highest BCUT2D eigenvalue weighted by atomic mass is 35.5. The predicted octanol–water partition coefficient (Wildman–Crippen LogP) is 1.48. The van der Waals surface area contributed by atoms with Gasteiger partial charge in [0.1, 0.15) is 6.04 Å². The molecule has 1 saturated heterocycles. The maximum absolute atomic E-state index is 12.5. The minimum Gasteiger partial charge on any atom is -0.350 e. The maximum Gasteiger partial charge on any atom is 0.270 e. The van der Waals surface area contributed by atoms with E-state index in [1.54, 1.807) is 0 Å². The molecular weight excluding hydrogens is 348 g/mol. The summed E-state index contributed by atoms with van der Waals surface area (Å²) in [5.41, 5.74) is -0.110. The molecule has 25 heavy (non-hydrogen) atoms. The van der Waals surface area contributed by atoms with E-state index < -0.39 is 16.9 Å². The zero-order valence-corrected chi connectivity index (χ0v) is 14.8. The van der Waals surface area contributed by atoms with E-state index in [0.29, 0.717) is 6.54 Å². The van der Waals surface area contributed by atoms with Crippen molar-refractivity contribution in [3.63, 3.8) is 0 Å². The van der Waals surface area contributed by atoms with Crippen LogP contribution in [-0.2, 0) is 4.79 Å². The van der Waals surface area contributed by atoms with E-state index >= 15 is 0 Å². The van der Waals surface area contributed by atoms with Gasteiger partial charge < -0.3 is 16.0 Å². The number of amides is 2. The molecule has 9 heteroatoms. The smallest absolute Gasteiger partial charge is 0.270 e. The zero-order valence-electron chi connectivity index (χ0n) is 14.0. The first-order valence-electron chi connectivity index (χ1n) is 8.05. The van der Waals surface area contributed by atoms with Crippen LogP contribution in [0.25, 0.3) is 0 Å². The van der Waals surface area contributed by atoms with Gasteiger partial charge in [-0.2, -0.15) is 0 Å². The van der Waals surface area contributed by atoms with E-state index in [1.165, 1.54) is 12.1 Å². The summed E-state index contributed by atoms with van der Waals surface area (Å²) in [6, 6.07) is 2.93. The van der Waals surface area contributed by atoms with E-state index in [9.17, 15) is 19.7 Å². The first-order valence-corrected chi connectivity index (χ1v) is 8.43. The fraction of sp³-hybridized carbons (Fsp3) is 0.500. The molecule has 0 bridgehead atoms. The molecule has 2 amide bonds. The second-order valence-electron chi connectivity index (χ2n) is 6.31. The fourth-order valence-corrected chi connectivity index (χ4v) is 2.89. The van der Waals surface area contributed by atoms with Gasteiger partial charge >= 0.3 is 0 Å². The molecule has 0 aliphatic carbocycles. The fourth-order valence-electron chi connectivity index (χ4n) is 2.62. The molecule has 1 aliphatic rings. The van der Waals surface area contributed by atoms with Crippen LogP contribution >= 0.6 is 11.6 Å². The van der Waals surface area contributed by atoms with E-state index in [0.717, 1.165) is 19.0 Å². The van der Waals surface area contributed by atoms with Gasteiger partial charge in [0.25, 0.3) is 11.6 Å². The quantitative estimate of drug-likeness (QED) is 0.520. The van der Waals surface area contributed by atoms with Gasteiger partial charge in [0.05, 0.1) is 15.5 Å². The SMILES string of the molecule is CC(C)C(NC(=O)c1ccc([N+](=O)[O-])cc1Cl)C(=O)NC1CCNC1. The molecule has 1 heterocycles. The molecule has 0 saturated carbocycles. The lowest BCUT2D eigenvalue weighted by molar-refractivity contribution is -0.384. The number of rotatable bonds is 6. The number of halogens is 1. The van der Waals surface area contributed by atoms with Crippen molar-refractivity contribution >= 4 is 29.1 Å². The summed E-state index contributed by atoms with van der Waals surface area (Å²) in [6.07, 6.45) is 0.846. The summed E-state index contributed by atoms with van der Waals surface area (Å²) >= 11 is 5.97. The number of non-ortho nitro benzene ring substituents is 1. The third kappa shape index (κ3) is 4.90. The lowest BCUT2D eigenvalue weighted by Crippen LogP contribution is -2.52. The molecule has 3 N–H and O–H groups in total. The summed E-state index contributed by atoms with van der Waals surface area (Å²) in [4.78, 5) is 35.1. The highest BCUT2D eigenvalue weighted by Gasteiger charge is 2.28. The number of nitrogens with one attached hydrogen (secondary N) is 3. The van der Waals surface area contributed by atoms with Crippen LogP contribution in [0.1, 0.15) is 30.6 Å². The standard InChI is InChI=1S/C16H21ClN4O4/c1-9(2)14(16(23)19-10-5-6-18-8-10)20-15(22)12-4-3-11(21(24)25)7-13(12)17/h3-4,7,9-10,14,18H,5-6,8H2,1-2H3,(H,19,23)(H,20,22). The highest BCUT2D eigenvalue weighted by Crippen LogP contribution is 2.22. The van der Waals surface area contributed by atoms with E-state index in [2.05, 4.69) is 16.0 Å². The number of nitro benzene ring substituents is 1. The van der Waals surface area contributed by atoms with Crippen LogP contribution in [0.4, 0.5) is 5.69 Å². The zero-order chi connectivity index (χ0) is 18.6. The van der Waals surface area contributed by atoms with Crippen molar-refractivity contribution in [1.82, 2.24) is 16.0 Å². The van der Waals surface area contributed by atoms with Crippen LogP contribution in [0.2, 0.25) is 5.02 Å². The molecule has 1 fully saturated rings. The third-order valence-electron chi connectivity index (χ3n) is 4.05. The first-order chi connectivity index (χ1) is 11.8. The van der Waals surface area contributed by atoms with Crippen molar-refractivity contribution in [3.05, 3.63) is 38.9 Å². The van der Waals surface area contributed by atoms with E-state index in [1.807, 2.05) is 13.8 Å². The Balaban J connectivity index is 2.09. The molecule has 0 radical (unpaired) electrons. The summed E-state index contributed by atoms with van der Waals surface area (Å²) in [5.74, 6) is -0.927. The third-order valence-corrected chi connectivity index (χ3v) is 4.36. The molecule has 2 atom stereocenters. The number of hydrogen-bond acceptors (Lipinski definition) is 5. The largest absolute Gasteiger partial charge is 0.350 e. The topological polar surface area (TPSA) is 113 Å². The minimum atomic E-state index is -0.723. The highest BCUT2D eigenvalue weighted by molar-refractivity contribution is 6.34. The Labute approximate surface area is 150 Å². The molecular formula is C16H21ClN4O4. The second-order valence-corrected chi connectivity index (χ2v) is 6.72. The predicted molar refractivity (Wildman–Crippen MR) is 93.6 cm³/mol. The summed E-state index contributed by atoms with van der Waals surface area (Å²) in [6.45, 7) is 5.21. The van der Waals surface area contributed by atoms with Crippen LogP contribution < -0.4 is 16.0 Å². The number of hydrogen-bond donors (Lipinski definition) is 3. The Morgan fingerprint density at radius 3 is 2.64 bits per heavy atom. The summed E-state index contributed by atoms with van der Waals surface area (Å²) < 4.78 is 0. The Morgan fingerprint density at radius 2 is 2.12 bits per heavy atom. The van der Waals surface area contributed by atoms with Gasteiger partial charge in [0.2, 0.25) is 5.91 Å². The lowest BCUT2D eigenvalue weighted by atomic mass is 10.0. The van der Waals surface area contributed by atoms with Crippen LogP contribution in [0.15, 0.2) is 18.2 Å². The van der Waals surface area contributed by atoms with Gasteiger partial charge in [-0.3, -0.25) is 19.7 Å². The number of carbonyl (C=O) groups excluding carboxylic acids is 2. The average molecular weight is 369 g/mol. The van der Waals surface area contributed by atoms with Gasteiger partial charge in [-0.25, -0.2) is 0 Å². The Hall–Kier alpha value is -2.19. The van der Waals surface area contributed by atoms with E-state index in [4.69, 9.17) is 11.6 Å². The molecule has 2 rings (SSSR count). The van der Waals surface area contributed by atoms with Crippen molar-refractivity contribution in [1.29, 1.82) is 0 Å². The molecule has 1 aromatic carbocycles. The Morgan fingerprint density at radius 1 is 1.40 bits per heavy atom. The molecule has 0 spiro atoms. The van der Waals surface area contributed by atoms with Crippen LogP contribution in [-0.4, -0.2) is 41.9 Å². The number of nitrogens with zero attached hydrogens (tertiary/aromatic N) is 1. The first kappa shape index (κ1) is 19.1. The Bertz CT molecular complexity index is 674. The number of nitro groups is 1. The normalized spacial score (nSPS) is 18.0. The Kier molecular flexibility index (Phi) is 6.33. The van der Waals surface area contributed by atoms with Crippen molar-refractivity contribution in [2.24, 2.45) is 5.92 Å². The molecule has 136 valence electrons.